The second-order valence-corrected chi connectivity index (χ2v) is 5.78. The van der Waals surface area contributed by atoms with Crippen LogP contribution >= 0.6 is 0 Å². The van der Waals surface area contributed by atoms with Crippen LogP contribution in [0.4, 0.5) is 0 Å². The van der Waals surface area contributed by atoms with E-state index in [1.165, 1.54) is 4.31 Å². The first kappa shape index (κ1) is 13.8. The molecule has 14 heavy (non-hydrogen) atoms. The molecule has 0 aliphatic carbocycles. The fraction of sp³-hybridized carbons (Fsp3) is 1.00. The molecule has 6 heteroatoms. The van der Waals surface area contributed by atoms with E-state index in [4.69, 9.17) is 5.73 Å². The van der Waals surface area contributed by atoms with Gasteiger partial charge in [-0.05, 0) is 27.1 Å². The van der Waals surface area contributed by atoms with Gasteiger partial charge in [0.05, 0.1) is 5.75 Å². The predicted octanol–water partition coefficient (Wildman–Crippen LogP) is -0.842. The lowest BCUT2D eigenvalue weighted by atomic mass is 10.5. The van der Waals surface area contributed by atoms with Gasteiger partial charge in [0.2, 0.25) is 10.0 Å². The summed E-state index contributed by atoms with van der Waals surface area (Å²) in [6, 6.07) is 0. The molecule has 0 atom stereocenters. The summed E-state index contributed by atoms with van der Waals surface area (Å²) in [6.45, 7) is 1.68. The van der Waals surface area contributed by atoms with Crippen LogP contribution in [0.15, 0.2) is 0 Å². The van der Waals surface area contributed by atoms with E-state index in [0.717, 1.165) is 6.54 Å². The summed E-state index contributed by atoms with van der Waals surface area (Å²) in [4.78, 5) is 1.95. The molecule has 0 saturated heterocycles. The Morgan fingerprint density at radius 3 is 2.14 bits per heavy atom. The van der Waals surface area contributed by atoms with Gasteiger partial charge >= 0.3 is 0 Å². The first-order valence-electron chi connectivity index (χ1n) is 4.69. The summed E-state index contributed by atoms with van der Waals surface area (Å²) in [7, 11) is 2.35. The average Bonchev–Trinajstić information content (AvgIpc) is 2.10. The maximum atomic E-state index is 11.6. The molecular formula is C8H21N3O2S. The normalized spacial score (nSPS) is 12.7. The number of likely N-dealkylation sites (N-methyl/N-ethyl adjacent to an activating group) is 2. The third-order valence-electron chi connectivity index (χ3n) is 1.94. The van der Waals surface area contributed by atoms with Crippen LogP contribution in [0.25, 0.3) is 0 Å². The van der Waals surface area contributed by atoms with Crippen LogP contribution in [-0.4, -0.2) is 64.2 Å². The summed E-state index contributed by atoms with van der Waals surface area (Å²) in [5, 5.41) is 0. The van der Waals surface area contributed by atoms with Gasteiger partial charge in [-0.1, -0.05) is 0 Å². The first-order valence-corrected chi connectivity index (χ1v) is 6.30. The van der Waals surface area contributed by atoms with Crippen molar-refractivity contribution in [2.45, 2.75) is 6.42 Å². The Labute approximate surface area is 86.9 Å². The lowest BCUT2D eigenvalue weighted by Gasteiger charge is -2.19. The van der Waals surface area contributed by atoms with Crippen molar-refractivity contribution in [2.24, 2.45) is 5.73 Å². The lowest BCUT2D eigenvalue weighted by molar-refractivity contribution is 0.358. The van der Waals surface area contributed by atoms with Gasteiger partial charge < -0.3 is 10.6 Å². The van der Waals surface area contributed by atoms with Gasteiger partial charge in [0.25, 0.3) is 0 Å². The number of hydrogen-bond acceptors (Lipinski definition) is 4. The average molecular weight is 223 g/mol. The zero-order valence-corrected chi connectivity index (χ0v) is 10.0. The molecule has 0 aliphatic heterocycles. The van der Waals surface area contributed by atoms with E-state index in [-0.39, 0.29) is 5.75 Å². The molecule has 0 fully saturated rings. The molecule has 0 radical (unpaired) electrons. The molecule has 0 aromatic rings. The molecule has 0 aromatic heterocycles. The zero-order chi connectivity index (χ0) is 11.2. The van der Waals surface area contributed by atoms with Crippen molar-refractivity contribution in [1.82, 2.24) is 9.21 Å². The van der Waals surface area contributed by atoms with Crippen LogP contribution in [0, 0.1) is 0 Å². The summed E-state index contributed by atoms with van der Waals surface area (Å²) in [6.07, 6.45) is 0.522. The Morgan fingerprint density at radius 2 is 1.71 bits per heavy atom. The van der Waals surface area contributed by atoms with E-state index in [1.807, 2.05) is 19.0 Å². The van der Waals surface area contributed by atoms with E-state index in [0.29, 0.717) is 19.5 Å². The third kappa shape index (κ3) is 5.54. The van der Waals surface area contributed by atoms with Gasteiger partial charge in [-0.3, -0.25) is 0 Å². The maximum absolute atomic E-state index is 11.6. The van der Waals surface area contributed by atoms with Gasteiger partial charge in [-0.15, -0.1) is 0 Å². The zero-order valence-electron chi connectivity index (χ0n) is 9.23. The number of hydrogen-bond donors (Lipinski definition) is 1. The molecule has 0 rings (SSSR count). The van der Waals surface area contributed by atoms with Crippen molar-refractivity contribution in [3.63, 3.8) is 0 Å². The van der Waals surface area contributed by atoms with E-state index in [9.17, 15) is 8.42 Å². The molecular weight excluding hydrogens is 202 g/mol. The van der Waals surface area contributed by atoms with Crippen LogP contribution in [0.2, 0.25) is 0 Å². The van der Waals surface area contributed by atoms with E-state index < -0.39 is 10.0 Å². The molecule has 0 aliphatic rings. The standard InChI is InChI=1S/C8H21N3O2S/c1-10(2)6-7-11(3)14(12,13)8-4-5-9/h4-9H2,1-3H3. The Morgan fingerprint density at radius 1 is 1.14 bits per heavy atom. The quantitative estimate of drug-likeness (QED) is 0.611. The molecule has 0 aromatic carbocycles. The topological polar surface area (TPSA) is 66.6 Å². The van der Waals surface area contributed by atoms with Gasteiger partial charge in [0, 0.05) is 20.1 Å². The largest absolute Gasteiger partial charge is 0.330 e. The minimum absolute atomic E-state index is 0.146. The van der Waals surface area contributed by atoms with Crippen molar-refractivity contribution >= 4 is 10.0 Å². The predicted molar refractivity (Wildman–Crippen MR) is 58.6 cm³/mol. The van der Waals surface area contributed by atoms with Crippen LogP contribution < -0.4 is 5.73 Å². The fourth-order valence-electron chi connectivity index (χ4n) is 0.901. The van der Waals surface area contributed by atoms with Crippen molar-refractivity contribution in [3.8, 4) is 0 Å². The van der Waals surface area contributed by atoms with Gasteiger partial charge in [0.1, 0.15) is 0 Å². The lowest BCUT2D eigenvalue weighted by Crippen LogP contribution is -2.35. The summed E-state index contributed by atoms with van der Waals surface area (Å²) in [5.41, 5.74) is 5.27. The Kier molecular flexibility index (Phi) is 6.26. The van der Waals surface area contributed by atoms with Crippen LogP contribution in [-0.2, 0) is 10.0 Å². The molecule has 0 saturated carbocycles. The summed E-state index contributed by atoms with van der Waals surface area (Å²) in [5.74, 6) is 0.146. The number of sulfonamides is 1. The minimum Gasteiger partial charge on any atom is -0.330 e. The van der Waals surface area contributed by atoms with Crippen molar-refractivity contribution in [2.75, 3.05) is 46.5 Å². The van der Waals surface area contributed by atoms with Crippen molar-refractivity contribution in [3.05, 3.63) is 0 Å². The first-order chi connectivity index (χ1) is 6.40. The molecule has 0 spiro atoms. The Hall–Kier alpha value is -0.170. The number of nitrogens with zero attached hydrogens (tertiary/aromatic N) is 2. The Balaban J connectivity index is 4.01. The van der Waals surface area contributed by atoms with Crippen molar-refractivity contribution in [1.29, 1.82) is 0 Å². The van der Waals surface area contributed by atoms with Gasteiger partial charge in [-0.2, -0.15) is 0 Å². The van der Waals surface area contributed by atoms with E-state index in [2.05, 4.69) is 0 Å². The highest BCUT2D eigenvalue weighted by Gasteiger charge is 2.16. The highest BCUT2D eigenvalue weighted by atomic mass is 32.2. The van der Waals surface area contributed by atoms with E-state index in [1.54, 1.807) is 7.05 Å². The van der Waals surface area contributed by atoms with Crippen molar-refractivity contribution < 1.29 is 8.42 Å². The number of rotatable bonds is 7. The maximum Gasteiger partial charge on any atom is 0.213 e. The SMILES string of the molecule is CN(C)CCN(C)S(=O)(=O)CCCN. The minimum atomic E-state index is -3.09. The summed E-state index contributed by atoms with van der Waals surface area (Å²) >= 11 is 0. The second-order valence-electron chi connectivity index (χ2n) is 3.58. The molecule has 86 valence electrons. The Bertz CT molecular complexity index is 239. The third-order valence-corrected chi connectivity index (χ3v) is 3.88. The van der Waals surface area contributed by atoms with Crippen LogP contribution in [0.5, 0.6) is 0 Å². The van der Waals surface area contributed by atoms with E-state index >= 15 is 0 Å². The second kappa shape index (κ2) is 6.34. The molecule has 0 bridgehead atoms. The molecule has 0 unspecified atom stereocenters. The molecule has 2 N–H and O–H groups in total. The highest BCUT2D eigenvalue weighted by Crippen LogP contribution is 1.99. The summed E-state index contributed by atoms with van der Waals surface area (Å²) < 4.78 is 24.5. The van der Waals surface area contributed by atoms with Crippen LogP contribution in [0.1, 0.15) is 6.42 Å². The fourth-order valence-corrected chi connectivity index (χ4v) is 2.10. The van der Waals surface area contributed by atoms with Gasteiger partial charge in [0.15, 0.2) is 0 Å². The molecule has 5 nitrogen and oxygen atoms in total. The molecule has 0 heterocycles. The molecule has 0 amide bonds. The monoisotopic (exact) mass is 223 g/mol. The van der Waals surface area contributed by atoms with Crippen LogP contribution in [0.3, 0.4) is 0 Å². The number of nitrogens with two attached hydrogens (primary N) is 1. The highest BCUT2D eigenvalue weighted by molar-refractivity contribution is 7.89. The van der Waals surface area contributed by atoms with Gasteiger partial charge in [-0.25, -0.2) is 12.7 Å². The smallest absolute Gasteiger partial charge is 0.213 e.